The second kappa shape index (κ2) is 9.39. The van der Waals surface area contributed by atoms with E-state index < -0.39 is 0 Å². The summed E-state index contributed by atoms with van der Waals surface area (Å²) < 4.78 is 0. The van der Waals surface area contributed by atoms with Crippen LogP contribution in [0.5, 0.6) is 0 Å². The molecule has 1 aliphatic heterocycles. The Balaban J connectivity index is 0.00000127. The number of halogens is 2. The van der Waals surface area contributed by atoms with Crippen LogP contribution in [0.3, 0.4) is 0 Å². The van der Waals surface area contributed by atoms with E-state index >= 15 is 0 Å². The lowest BCUT2D eigenvalue weighted by Gasteiger charge is -2.28. The van der Waals surface area contributed by atoms with Crippen LogP contribution in [-0.4, -0.2) is 37.3 Å². The van der Waals surface area contributed by atoms with Crippen LogP contribution in [0.25, 0.3) is 0 Å². The highest BCUT2D eigenvalue weighted by atomic mass is 35.5. The Labute approximate surface area is 150 Å². The summed E-state index contributed by atoms with van der Waals surface area (Å²) in [7, 11) is 0. The maximum absolute atomic E-state index is 11.5. The molecule has 2 rings (SSSR count). The zero-order chi connectivity index (χ0) is 17.5. The number of benzene rings is 1. The van der Waals surface area contributed by atoms with Gasteiger partial charge in [-0.15, -0.1) is 23.2 Å². The quantitative estimate of drug-likeness (QED) is 0.776. The van der Waals surface area contributed by atoms with Crippen molar-refractivity contribution in [2.45, 2.75) is 39.5 Å². The average molecular weight is 359 g/mol. The summed E-state index contributed by atoms with van der Waals surface area (Å²) in [6.07, 6.45) is 0.556. The summed E-state index contributed by atoms with van der Waals surface area (Å²) >= 11 is 11.7. The van der Waals surface area contributed by atoms with E-state index in [4.69, 9.17) is 23.2 Å². The monoisotopic (exact) mass is 358 g/mol. The van der Waals surface area contributed by atoms with Gasteiger partial charge in [-0.2, -0.15) is 0 Å². The molecule has 1 heterocycles. The highest BCUT2D eigenvalue weighted by molar-refractivity contribution is 6.18. The molecule has 1 unspecified atom stereocenters. The number of nitrogens with zero attached hydrogens (tertiary/aromatic N) is 1. The number of carbonyl (C=O) groups excluding carboxylic acids is 1. The van der Waals surface area contributed by atoms with Crippen LogP contribution in [0.15, 0.2) is 18.2 Å². The van der Waals surface area contributed by atoms with Gasteiger partial charge in [0.2, 0.25) is 5.91 Å². The van der Waals surface area contributed by atoms with Gasteiger partial charge in [-0.1, -0.05) is 26.8 Å². The van der Waals surface area contributed by atoms with Gasteiger partial charge in [0.15, 0.2) is 0 Å². The first-order valence-corrected chi connectivity index (χ1v) is 9.32. The first kappa shape index (κ1) is 20.1. The largest absolute Gasteiger partial charge is 0.369 e. The van der Waals surface area contributed by atoms with Crippen LogP contribution >= 0.6 is 23.2 Å². The van der Waals surface area contributed by atoms with E-state index in [0.717, 1.165) is 18.8 Å². The number of alkyl halides is 2. The maximum Gasteiger partial charge on any atom is 0.220 e. The molecule has 0 spiro atoms. The Morgan fingerprint density at radius 2 is 1.83 bits per heavy atom. The van der Waals surface area contributed by atoms with Crippen LogP contribution in [0.4, 0.5) is 5.69 Å². The molecule has 0 aromatic heterocycles. The first-order chi connectivity index (χ1) is 11.0. The van der Waals surface area contributed by atoms with Gasteiger partial charge >= 0.3 is 0 Å². The zero-order valence-electron chi connectivity index (χ0n) is 14.6. The summed E-state index contributed by atoms with van der Waals surface area (Å²) in [5.41, 5.74) is 3.48. The summed E-state index contributed by atoms with van der Waals surface area (Å²) in [5, 5.41) is 2.93. The molecule has 1 saturated heterocycles. The van der Waals surface area contributed by atoms with Crippen molar-refractivity contribution in [1.82, 2.24) is 5.32 Å². The lowest BCUT2D eigenvalue weighted by Crippen LogP contribution is -2.29. The lowest BCUT2D eigenvalue weighted by atomic mass is 9.79. The number of rotatable bonds is 6. The van der Waals surface area contributed by atoms with Crippen LogP contribution in [0, 0.1) is 6.92 Å². The Kier molecular flexibility index (Phi) is 8.21. The van der Waals surface area contributed by atoms with Crippen molar-refractivity contribution < 1.29 is 4.79 Å². The van der Waals surface area contributed by atoms with Crippen LogP contribution in [0.1, 0.15) is 38.3 Å². The second-order valence-electron chi connectivity index (χ2n) is 5.88. The van der Waals surface area contributed by atoms with Gasteiger partial charge in [-0.3, -0.25) is 4.79 Å². The molecule has 23 heavy (non-hydrogen) atoms. The number of hydrogen-bond donors (Lipinski definition) is 1. The average Bonchev–Trinajstić information content (AvgIpc) is 2.89. The third-order valence-electron chi connectivity index (χ3n) is 4.16. The number of anilines is 1. The third-order valence-corrected chi connectivity index (χ3v) is 4.50. The molecular weight excluding hydrogens is 331 g/mol. The van der Waals surface area contributed by atoms with Crippen molar-refractivity contribution >= 4 is 34.8 Å². The van der Waals surface area contributed by atoms with Gasteiger partial charge in [0.05, 0.1) is 0 Å². The third kappa shape index (κ3) is 5.02. The fourth-order valence-electron chi connectivity index (χ4n) is 3.06. The minimum Gasteiger partial charge on any atom is -0.369 e. The molecular formula is C18H28Cl2N2O. The van der Waals surface area contributed by atoms with Crippen LogP contribution in [-0.2, 0) is 10.2 Å². The fourth-order valence-corrected chi connectivity index (χ4v) is 3.47. The first-order valence-electron chi connectivity index (χ1n) is 8.25. The molecule has 3 nitrogen and oxygen atoms in total. The summed E-state index contributed by atoms with van der Waals surface area (Å²) in [6, 6.07) is 6.42. The van der Waals surface area contributed by atoms with Crippen molar-refractivity contribution in [1.29, 1.82) is 0 Å². The fraction of sp³-hybridized carbons (Fsp3) is 0.611. The summed E-state index contributed by atoms with van der Waals surface area (Å²) in [6.45, 7) is 10.5. The van der Waals surface area contributed by atoms with E-state index in [1.54, 1.807) is 0 Å². The molecule has 1 aromatic rings. The number of carbonyl (C=O) groups is 1. The molecule has 0 aliphatic carbocycles. The summed E-state index contributed by atoms with van der Waals surface area (Å²) in [4.78, 5) is 13.7. The molecule has 1 N–H and O–H groups in total. The van der Waals surface area contributed by atoms with E-state index in [-0.39, 0.29) is 11.3 Å². The van der Waals surface area contributed by atoms with Gasteiger partial charge in [-0.05, 0) is 30.2 Å². The highest BCUT2D eigenvalue weighted by Gasteiger charge is 2.36. The van der Waals surface area contributed by atoms with Crippen LogP contribution < -0.4 is 10.2 Å². The molecule has 130 valence electrons. The number of amides is 1. The van der Waals surface area contributed by atoms with Crippen molar-refractivity contribution in [3.05, 3.63) is 29.3 Å². The Morgan fingerprint density at radius 3 is 2.26 bits per heavy atom. The molecule has 1 amide bonds. The number of aryl methyl sites for hydroxylation is 1. The smallest absolute Gasteiger partial charge is 0.220 e. The minimum atomic E-state index is -0.108. The predicted octanol–water partition coefficient (Wildman–Crippen LogP) is 4.08. The van der Waals surface area contributed by atoms with Gasteiger partial charge in [-0.25, -0.2) is 0 Å². The molecule has 5 heteroatoms. The molecule has 1 atom stereocenters. The molecule has 0 bridgehead atoms. The molecule has 0 radical (unpaired) electrons. The van der Waals surface area contributed by atoms with Gasteiger partial charge < -0.3 is 10.2 Å². The van der Waals surface area contributed by atoms with Crippen molar-refractivity contribution in [3.63, 3.8) is 0 Å². The van der Waals surface area contributed by atoms with E-state index in [1.165, 1.54) is 11.1 Å². The zero-order valence-corrected chi connectivity index (χ0v) is 16.1. The standard InChI is InChI=1S/C16H22Cl2N2O.C2H6/c1-12-9-13(20(7-5-17)8-6-18)3-4-14(12)16(2)10-15(21)19-11-16;1-2/h3-4,9H,5-8,10-11H2,1-2H3,(H,19,21);1-2H3. The molecule has 0 saturated carbocycles. The van der Waals surface area contributed by atoms with E-state index in [2.05, 4.69) is 42.3 Å². The summed E-state index contributed by atoms with van der Waals surface area (Å²) in [5.74, 6) is 1.29. The SMILES string of the molecule is CC.Cc1cc(N(CCCl)CCCl)ccc1C1(C)CNC(=O)C1. The van der Waals surface area contributed by atoms with Crippen molar-refractivity contribution in [3.8, 4) is 0 Å². The number of hydrogen-bond acceptors (Lipinski definition) is 2. The van der Waals surface area contributed by atoms with Crippen LogP contribution in [0.2, 0.25) is 0 Å². The van der Waals surface area contributed by atoms with Crippen molar-refractivity contribution in [2.75, 3.05) is 36.3 Å². The molecule has 1 aliphatic rings. The molecule has 1 fully saturated rings. The predicted molar refractivity (Wildman–Crippen MR) is 101 cm³/mol. The Bertz CT molecular complexity index is 516. The maximum atomic E-state index is 11.5. The Morgan fingerprint density at radius 1 is 1.22 bits per heavy atom. The Hall–Kier alpha value is -0.930. The number of nitrogens with one attached hydrogen (secondary N) is 1. The topological polar surface area (TPSA) is 32.3 Å². The minimum absolute atomic E-state index is 0.108. The normalized spacial score (nSPS) is 19.8. The second-order valence-corrected chi connectivity index (χ2v) is 6.63. The van der Waals surface area contributed by atoms with Crippen molar-refractivity contribution in [2.24, 2.45) is 0 Å². The highest BCUT2D eigenvalue weighted by Crippen LogP contribution is 2.34. The van der Waals surface area contributed by atoms with Gasteiger partial charge in [0.25, 0.3) is 0 Å². The lowest BCUT2D eigenvalue weighted by molar-refractivity contribution is -0.119. The van der Waals surface area contributed by atoms with E-state index in [0.29, 0.717) is 24.7 Å². The van der Waals surface area contributed by atoms with Gasteiger partial charge in [0, 0.05) is 48.9 Å². The van der Waals surface area contributed by atoms with E-state index in [9.17, 15) is 4.79 Å². The van der Waals surface area contributed by atoms with Gasteiger partial charge in [0.1, 0.15) is 0 Å². The van der Waals surface area contributed by atoms with E-state index in [1.807, 2.05) is 13.8 Å². The molecule has 1 aromatic carbocycles.